The Morgan fingerprint density at radius 2 is 1.91 bits per heavy atom. The van der Waals surface area contributed by atoms with Crippen molar-refractivity contribution in [2.75, 3.05) is 0 Å². The van der Waals surface area contributed by atoms with Gasteiger partial charge in [0.1, 0.15) is 0 Å². The standard InChI is InChI=1S/C8H11N3/c1-5(2)7-9-8(6(3)4)11-10-7/h1,3H2,2,4H3,(H,9,10,11). The molecule has 1 N–H and O–H groups in total. The van der Waals surface area contributed by atoms with Crippen LogP contribution in [0, 0.1) is 0 Å². The average Bonchev–Trinajstić information content (AvgIpc) is 2.33. The van der Waals surface area contributed by atoms with Crippen LogP contribution in [0.3, 0.4) is 0 Å². The predicted octanol–water partition coefficient (Wildman–Crippen LogP) is 1.87. The molecule has 0 saturated heterocycles. The predicted molar refractivity (Wildman–Crippen MR) is 45.8 cm³/mol. The molecule has 0 atom stereocenters. The topological polar surface area (TPSA) is 41.6 Å². The number of allylic oxidation sites excluding steroid dienone is 2. The van der Waals surface area contributed by atoms with Gasteiger partial charge in [0.05, 0.1) is 0 Å². The summed E-state index contributed by atoms with van der Waals surface area (Å²) >= 11 is 0. The summed E-state index contributed by atoms with van der Waals surface area (Å²) in [5.74, 6) is 1.38. The van der Waals surface area contributed by atoms with Crippen LogP contribution in [-0.2, 0) is 0 Å². The first kappa shape index (κ1) is 7.72. The van der Waals surface area contributed by atoms with E-state index in [-0.39, 0.29) is 0 Å². The summed E-state index contributed by atoms with van der Waals surface area (Å²) in [7, 11) is 0. The second kappa shape index (κ2) is 2.70. The lowest BCUT2D eigenvalue weighted by Crippen LogP contribution is -1.81. The maximum absolute atomic E-state index is 4.14. The minimum absolute atomic E-state index is 0.656. The first-order valence-corrected chi connectivity index (χ1v) is 3.35. The molecule has 0 unspecified atom stereocenters. The summed E-state index contributed by atoms with van der Waals surface area (Å²) in [6.07, 6.45) is 0. The quantitative estimate of drug-likeness (QED) is 0.697. The van der Waals surface area contributed by atoms with Crippen LogP contribution in [0.15, 0.2) is 13.2 Å². The van der Waals surface area contributed by atoms with Gasteiger partial charge in [0.2, 0.25) is 0 Å². The van der Waals surface area contributed by atoms with E-state index in [0.717, 1.165) is 17.0 Å². The zero-order chi connectivity index (χ0) is 8.43. The molecule has 1 rings (SSSR count). The van der Waals surface area contributed by atoms with Crippen LogP contribution >= 0.6 is 0 Å². The van der Waals surface area contributed by atoms with Crippen LogP contribution in [0.4, 0.5) is 0 Å². The van der Waals surface area contributed by atoms with Crippen LogP contribution < -0.4 is 0 Å². The van der Waals surface area contributed by atoms with Gasteiger partial charge in [0.15, 0.2) is 11.6 Å². The highest BCUT2D eigenvalue weighted by molar-refractivity contribution is 5.58. The van der Waals surface area contributed by atoms with Gasteiger partial charge in [0, 0.05) is 0 Å². The Labute approximate surface area is 65.9 Å². The molecule has 0 amide bonds. The molecule has 0 saturated carbocycles. The third-order valence-electron chi connectivity index (χ3n) is 1.27. The highest BCUT2D eigenvalue weighted by atomic mass is 15.2. The molecule has 1 heterocycles. The van der Waals surface area contributed by atoms with Crippen molar-refractivity contribution in [3.63, 3.8) is 0 Å². The first-order valence-electron chi connectivity index (χ1n) is 3.35. The number of aromatic nitrogens is 3. The molecule has 3 heteroatoms. The maximum atomic E-state index is 4.14. The molecule has 0 aliphatic heterocycles. The van der Waals surface area contributed by atoms with Gasteiger partial charge in [-0.05, 0) is 25.0 Å². The average molecular weight is 149 g/mol. The molecule has 0 radical (unpaired) electrons. The van der Waals surface area contributed by atoms with Crippen molar-refractivity contribution in [3.05, 3.63) is 24.8 Å². The van der Waals surface area contributed by atoms with Gasteiger partial charge in [-0.25, -0.2) is 4.98 Å². The second-order valence-electron chi connectivity index (χ2n) is 2.57. The van der Waals surface area contributed by atoms with Gasteiger partial charge >= 0.3 is 0 Å². The van der Waals surface area contributed by atoms with E-state index in [1.807, 2.05) is 13.8 Å². The fourth-order valence-electron chi connectivity index (χ4n) is 0.644. The lowest BCUT2D eigenvalue weighted by molar-refractivity contribution is 1.06. The molecule has 1 aromatic heterocycles. The summed E-state index contributed by atoms with van der Waals surface area (Å²) in [5, 5.41) is 6.71. The molecule has 0 spiro atoms. The zero-order valence-corrected chi connectivity index (χ0v) is 6.81. The van der Waals surface area contributed by atoms with Gasteiger partial charge in [-0.1, -0.05) is 13.2 Å². The Hall–Kier alpha value is -1.38. The largest absolute Gasteiger partial charge is 0.259 e. The van der Waals surface area contributed by atoms with E-state index in [9.17, 15) is 0 Å². The van der Waals surface area contributed by atoms with E-state index in [0.29, 0.717) is 5.82 Å². The Bertz CT molecular complexity index is 268. The van der Waals surface area contributed by atoms with Gasteiger partial charge in [-0.3, -0.25) is 5.10 Å². The molecule has 58 valence electrons. The van der Waals surface area contributed by atoms with Crippen molar-refractivity contribution >= 4 is 11.1 Å². The number of rotatable bonds is 2. The molecule has 0 aliphatic carbocycles. The zero-order valence-electron chi connectivity index (χ0n) is 6.81. The van der Waals surface area contributed by atoms with E-state index in [1.165, 1.54) is 0 Å². The fourth-order valence-corrected chi connectivity index (χ4v) is 0.644. The molecule has 11 heavy (non-hydrogen) atoms. The smallest absolute Gasteiger partial charge is 0.176 e. The number of nitrogens with zero attached hydrogens (tertiary/aromatic N) is 2. The van der Waals surface area contributed by atoms with Crippen LogP contribution in [0.5, 0.6) is 0 Å². The molecular weight excluding hydrogens is 138 g/mol. The lowest BCUT2D eigenvalue weighted by atomic mass is 10.3. The van der Waals surface area contributed by atoms with Crippen molar-refractivity contribution in [2.24, 2.45) is 0 Å². The van der Waals surface area contributed by atoms with E-state index >= 15 is 0 Å². The van der Waals surface area contributed by atoms with Gasteiger partial charge in [-0.15, -0.1) is 0 Å². The Morgan fingerprint density at radius 1 is 1.27 bits per heavy atom. The highest BCUT2D eigenvalue weighted by Gasteiger charge is 2.02. The molecule has 0 aromatic carbocycles. The van der Waals surface area contributed by atoms with Crippen molar-refractivity contribution in [2.45, 2.75) is 13.8 Å². The van der Waals surface area contributed by atoms with Crippen molar-refractivity contribution in [3.8, 4) is 0 Å². The SMILES string of the molecule is C=C(C)c1n[nH]c(C(=C)C)n1. The van der Waals surface area contributed by atoms with Crippen LogP contribution in [0.25, 0.3) is 11.1 Å². The van der Waals surface area contributed by atoms with Crippen molar-refractivity contribution in [1.82, 2.24) is 15.2 Å². The van der Waals surface area contributed by atoms with E-state index in [4.69, 9.17) is 0 Å². The van der Waals surface area contributed by atoms with E-state index in [2.05, 4.69) is 28.3 Å². The molecule has 1 aromatic rings. The Morgan fingerprint density at radius 3 is 2.18 bits per heavy atom. The lowest BCUT2D eigenvalue weighted by Gasteiger charge is -1.87. The molecule has 0 fully saturated rings. The minimum atomic E-state index is 0.656. The van der Waals surface area contributed by atoms with Crippen LogP contribution in [0.2, 0.25) is 0 Å². The number of hydrogen-bond acceptors (Lipinski definition) is 2. The first-order chi connectivity index (χ1) is 5.11. The van der Waals surface area contributed by atoms with E-state index in [1.54, 1.807) is 0 Å². The summed E-state index contributed by atoms with van der Waals surface area (Å²) < 4.78 is 0. The van der Waals surface area contributed by atoms with Gasteiger partial charge in [-0.2, -0.15) is 5.10 Å². The molecular formula is C8H11N3. The molecule has 3 nitrogen and oxygen atoms in total. The fraction of sp³-hybridized carbons (Fsp3) is 0.250. The summed E-state index contributed by atoms with van der Waals surface area (Å²) in [4.78, 5) is 4.14. The number of H-pyrrole nitrogens is 1. The summed E-state index contributed by atoms with van der Waals surface area (Å²) in [5.41, 5.74) is 1.73. The van der Waals surface area contributed by atoms with Gasteiger partial charge in [0.25, 0.3) is 0 Å². The van der Waals surface area contributed by atoms with E-state index < -0.39 is 0 Å². The van der Waals surface area contributed by atoms with Crippen LogP contribution in [-0.4, -0.2) is 15.2 Å². The normalized spacial score (nSPS) is 9.64. The summed E-state index contributed by atoms with van der Waals surface area (Å²) in [6, 6.07) is 0. The maximum Gasteiger partial charge on any atom is 0.176 e. The Kier molecular flexibility index (Phi) is 1.89. The van der Waals surface area contributed by atoms with Crippen LogP contribution in [0.1, 0.15) is 25.5 Å². The minimum Gasteiger partial charge on any atom is -0.259 e. The third-order valence-corrected chi connectivity index (χ3v) is 1.27. The number of aromatic amines is 1. The summed E-state index contributed by atoms with van der Waals surface area (Å²) in [6.45, 7) is 11.2. The van der Waals surface area contributed by atoms with Crippen molar-refractivity contribution < 1.29 is 0 Å². The second-order valence-corrected chi connectivity index (χ2v) is 2.57. The monoisotopic (exact) mass is 149 g/mol. The molecule has 0 bridgehead atoms. The third kappa shape index (κ3) is 1.55. The Balaban J connectivity index is 2.99. The number of hydrogen-bond donors (Lipinski definition) is 1. The number of nitrogens with one attached hydrogen (secondary N) is 1. The van der Waals surface area contributed by atoms with Gasteiger partial charge < -0.3 is 0 Å². The molecule has 0 aliphatic rings. The highest BCUT2D eigenvalue weighted by Crippen LogP contribution is 2.08. The van der Waals surface area contributed by atoms with Crippen molar-refractivity contribution in [1.29, 1.82) is 0 Å².